The maximum Gasteiger partial charge on any atom is 0.417 e. The first-order chi connectivity index (χ1) is 10.6. The van der Waals surface area contributed by atoms with Crippen LogP contribution in [0.1, 0.15) is 5.56 Å². The summed E-state index contributed by atoms with van der Waals surface area (Å²) in [5, 5.41) is -0.0265. The van der Waals surface area contributed by atoms with Gasteiger partial charge in [-0.05, 0) is 18.2 Å². The van der Waals surface area contributed by atoms with Gasteiger partial charge in [0.05, 0.1) is 22.5 Å². The minimum absolute atomic E-state index is 0.141. The highest BCUT2D eigenvalue weighted by atomic mass is 35.5. The smallest absolute Gasteiger partial charge is 0.283 e. The van der Waals surface area contributed by atoms with E-state index in [0.29, 0.717) is 11.1 Å². The quantitative estimate of drug-likeness (QED) is 0.857. The molecule has 0 saturated carbocycles. The molecule has 0 aliphatic heterocycles. The van der Waals surface area contributed by atoms with E-state index in [1.54, 1.807) is 18.2 Å². The number of pyridine rings is 1. The lowest BCUT2D eigenvalue weighted by Gasteiger charge is -2.11. The van der Waals surface area contributed by atoms with Crippen LogP contribution in [0.15, 0.2) is 46.5 Å². The number of rotatable bonds is 4. The second-order valence-corrected chi connectivity index (χ2v) is 7.67. The Hall–Kier alpha value is -1.45. The van der Waals surface area contributed by atoms with Gasteiger partial charge in [-0.15, -0.1) is 0 Å². The van der Waals surface area contributed by atoms with Crippen LogP contribution in [0.3, 0.4) is 0 Å². The minimum atomic E-state index is -4.53. The van der Waals surface area contributed by atoms with Crippen molar-refractivity contribution in [3.8, 4) is 0 Å². The third-order valence-electron chi connectivity index (χ3n) is 2.52. The molecule has 0 unspecified atom stereocenters. The molecular formula is C13H10ClF3N2O2S2. The Kier molecular flexibility index (Phi) is 5.12. The van der Waals surface area contributed by atoms with E-state index in [0.717, 1.165) is 24.1 Å². The predicted octanol–water partition coefficient (Wildman–Crippen LogP) is 4.28. The van der Waals surface area contributed by atoms with E-state index in [2.05, 4.69) is 9.71 Å². The van der Waals surface area contributed by atoms with E-state index in [4.69, 9.17) is 11.6 Å². The summed E-state index contributed by atoms with van der Waals surface area (Å²) in [6.07, 6.45) is -2.85. The van der Waals surface area contributed by atoms with E-state index in [1.807, 2.05) is 0 Å². The molecule has 0 radical (unpaired) electrons. The van der Waals surface area contributed by atoms with Crippen molar-refractivity contribution in [2.24, 2.45) is 0 Å². The number of anilines is 1. The molecule has 0 fully saturated rings. The van der Waals surface area contributed by atoms with Crippen LogP contribution in [0, 0.1) is 0 Å². The lowest BCUT2D eigenvalue weighted by atomic mass is 10.3. The van der Waals surface area contributed by atoms with Crippen LogP contribution < -0.4 is 4.72 Å². The minimum Gasteiger partial charge on any atom is -0.283 e. The van der Waals surface area contributed by atoms with E-state index in [9.17, 15) is 21.6 Å². The number of alkyl halides is 3. The maximum atomic E-state index is 12.6. The Balaban J connectivity index is 2.33. The number of sulfonamides is 1. The molecule has 2 aromatic rings. The van der Waals surface area contributed by atoms with Crippen LogP contribution in [0.4, 0.5) is 18.9 Å². The zero-order valence-corrected chi connectivity index (χ0v) is 13.9. The summed E-state index contributed by atoms with van der Waals surface area (Å²) in [6, 6.07) is 7.20. The Morgan fingerprint density at radius 2 is 1.91 bits per heavy atom. The highest BCUT2D eigenvalue weighted by molar-refractivity contribution is 7.99. The molecule has 1 aromatic carbocycles. The van der Waals surface area contributed by atoms with Crippen molar-refractivity contribution >= 4 is 39.1 Å². The number of nitrogens with one attached hydrogen (secondary N) is 1. The zero-order valence-electron chi connectivity index (χ0n) is 11.6. The second kappa shape index (κ2) is 6.58. The van der Waals surface area contributed by atoms with Crippen LogP contribution in [0.2, 0.25) is 5.02 Å². The van der Waals surface area contributed by atoms with E-state index < -0.39 is 21.8 Å². The molecule has 0 spiro atoms. The van der Waals surface area contributed by atoms with Crippen molar-refractivity contribution in [1.29, 1.82) is 0 Å². The lowest BCUT2D eigenvalue weighted by molar-refractivity contribution is -0.137. The van der Waals surface area contributed by atoms with Gasteiger partial charge in [0.25, 0.3) is 0 Å². The molecule has 0 saturated heterocycles. The van der Waals surface area contributed by atoms with Crippen molar-refractivity contribution in [3.63, 3.8) is 0 Å². The summed E-state index contributed by atoms with van der Waals surface area (Å²) in [5.41, 5.74) is -0.660. The molecule has 4 nitrogen and oxygen atoms in total. The van der Waals surface area contributed by atoms with Gasteiger partial charge < -0.3 is 0 Å². The average Bonchev–Trinajstić information content (AvgIpc) is 2.40. The van der Waals surface area contributed by atoms with Crippen LogP contribution in [0.25, 0.3) is 0 Å². The number of aromatic nitrogens is 1. The summed E-state index contributed by atoms with van der Waals surface area (Å²) >= 11 is 6.81. The first kappa shape index (κ1) is 17.9. The molecule has 124 valence electrons. The van der Waals surface area contributed by atoms with E-state index in [-0.39, 0.29) is 15.7 Å². The van der Waals surface area contributed by atoms with Gasteiger partial charge in [0.15, 0.2) is 0 Å². The third-order valence-corrected chi connectivity index (χ3v) is 4.61. The van der Waals surface area contributed by atoms with Crippen molar-refractivity contribution in [2.75, 3.05) is 11.0 Å². The summed E-state index contributed by atoms with van der Waals surface area (Å²) in [6.45, 7) is 0. The molecule has 0 atom stereocenters. The van der Waals surface area contributed by atoms with Gasteiger partial charge >= 0.3 is 6.18 Å². The highest BCUT2D eigenvalue weighted by Gasteiger charge is 2.31. The molecular weight excluding hydrogens is 373 g/mol. The number of nitrogens with zero attached hydrogens (tertiary/aromatic N) is 1. The Labute approximate surface area is 140 Å². The number of hydrogen-bond donors (Lipinski definition) is 1. The van der Waals surface area contributed by atoms with Crippen LogP contribution in [0.5, 0.6) is 0 Å². The number of para-hydroxylation sites is 1. The molecule has 0 bridgehead atoms. The molecule has 0 amide bonds. The van der Waals surface area contributed by atoms with Crippen molar-refractivity contribution in [2.45, 2.75) is 16.1 Å². The monoisotopic (exact) mass is 382 g/mol. The first-order valence-corrected chi connectivity index (χ1v) is 9.12. The lowest BCUT2D eigenvalue weighted by Crippen LogP contribution is -2.10. The molecule has 1 aromatic heterocycles. The Morgan fingerprint density at radius 1 is 1.26 bits per heavy atom. The third kappa shape index (κ3) is 5.02. The molecule has 23 heavy (non-hydrogen) atoms. The number of hydrogen-bond acceptors (Lipinski definition) is 4. The van der Waals surface area contributed by atoms with Crippen molar-refractivity contribution < 1.29 is 21.6 Å². The predicted molar refractivity (Wildman–Crippen MR) is 83.3 cm³/mol. The van der Waals surface area contributed by atoms with Gasteiger partial charge in [0.2, 0.25) is 10.0 Å². The van der Waals surface area contributed by atoms with E-state index in [1.165, 1.54) is 6.07 Å². The molecule has 2 rings (SSSR count). The van der Waals surface area contributed by atoms with E-state index >= 15 is 0 Å². The number of halogens is 4. The summed E-state index contributed by atoms with van der Waals surface area (Å²) in [7, 11) is -3.49. The number of benzene rings is 1. The molecule has 0 aliphatic rings. The maximum absolute atomic E-state index is 12.6. The normalized spacial score (nSPS) is 12.2. The summed E-state index contributed by atoms with van der Waals surface area (Å²) in [5.74, 6) is 0. The fraction of sp³-hybridized carbons (Fsp3) is 0.154. The van der Waals surface area contributed by atoms with Crippen molar-refractivity contribution in [1.82, 2.24) is 4.98 Å². The molecule has 0 aliphatic carbocycles. The van der Waals surface area contributed by atoms with Gasteiger partial charge in [-0.2, -0.15) is 13.2 Å². The molecule has 10 heteroatoms. The molecule has 1 N–H and O–H groups in total. The van der Waals surface area contributed by atoms with Gasteiger partial charge in [-0.1, -0.05) is 35.5 Å². The fourth-order valence-electron chi connectivity index (χ4n) is 1.60. The standard InChI is InChI=1S/C13H10ClF3N2O2S2/c1-23(20,21)19-10-4-2-3-5-11(10)22-12-9(14)6-8(7-18-12)13(15,16)17/h2-7,19H,1H3. The second-order valence-electron chi connectivity index (χ2n) is 4.48. The zero-order chi connectivity index (χ0) is 17.3. The topological polar surface area (TPSA) is 59.1 Å². The summed E-state index contributed by atoms with van der Waals surface area (Å²) < 4.78 is 62.8. The summed E-state index contributed by atoms with van der Waals surface area (Å²) in [4.78, 5) is 4.18. The van der Waals surface area contributed by atoms with Crippen LogP contribution in [-0.2, 0) is 16.2 Å². The highest BCUT2D eigenvalue weighted by Crippen LogP contribution is 2.38. The van der Waals surface area contributed by atoms with Crippen LogP contribution in [-0.4, -0.2) is 19.7 Å². The largest absolute Gasteiger partial charge is 0.417 e. The molecule has 1 heterocycles. The fourth-order valence-corrected chi connectivity index (χ4v) is 3.37. The van der Waals surface area contributed by atoms with Gasteiger partial charge in [0.1, 0.15) is 5.03 Å². The Morgan fingerprint density at radius 3 is 2.48 bits per heavy atom. The average molecular weight is 383 g/mol. The van der Waals surface area contributed by atoms with Gasteiger partial charge in [-0.25, -0.2) is 13.4 Å². The van der Waals surface area contributed by atoms with Crippen LogP contribution >= 0.6 is 23.4 Å². The van der Waals surface area contributed by atoms with Gasteiger partial charge in [0, 0.05) is 11.1 Å². The SMILES string of the molecule is CS(=O)(=O)Nc1ccccc1Sc1ncc(C(F)(F)F)cc1Cl. The Bertz CT molecular complexity index is 826. The van der Waals surface area contributed by atoms with Crippen molar-refractivity contribution in [3.05, 3.63) is 47.1 Å². The van der Waals surface area contributed by atoms with Gasteiger partial charge in [-0.3, -0.25) is 4.72 Å². The first-order valence-electron chi connectivity index (χ1n) is 6.04.